The van der Waals surface area contributed by atoms with Crippen LogP contribution in [0.15, 0.2) is 59.5 Å². The molecule has 4 heterocycles. The molecule has 0 fully saturated rings. The van der Waals surface area contributed by atoms with Crippen molar-refractivity contribution in [2.75, 3.05) is 13.7 Å². The quantitative estimate of drug-likeness (QED) is 0.490. The number of ether oxygens (including phenoxy) is 1. The Morgan fingerprint density at radius 3 is 2.93 bits per heavy atom. The lowest BCUT2D eigenvalue weighted by Gasteiger charge is -2.27. The fraction of sp³-hybridized carbons (Fsp3) is 0.227. The second kappa shape index (κ2) is 7.77. The lowest BCUT2D eigenvalue weighted by Crippen LogP contribution is -2.30. The van der Waals surface area contributed by atoms with Crippen molar-refractivity contribution in [3.8, 4) is 27.9 Å². The van der Waals surface area contributed by atoms with Gasteiger partial charge in [-0.3, -0.25) is 4.90 Å². The maximum atomic E-state index is 5.47. The molecule has 6 nitrogen and oxygen atoms in total. The molecule has 0 N–H and O–H groups in total. The number of benzene rings is 1. The van der Waals surface area contributed by atoms with Gasteiger partial charge < -0.3 is 9.15 Å². The number of aromatic nitrogens is 3. The first kappa shape index (κ1) is 18.0. The predicted molar refractivity (Wildman–Crippen MR) is 112 cm³/mol. The Labute approximate surface area is 172 Å². The maximum absolute atomic E-state index is 5.47. The van der Waals surface area contributed by atoms with Crippen LogP contribution in [0.2, 0.25) is 0 Å². The first-order chi connectivity index (χ1) is 14.3. The number of rotatable bonds is 5. The Balaban J connectivity index is 1.30. The highest BCUT2D eigenvalue weighted by Crippen LogP contribution is 2.33. The van der Waals surface area contributed by atoms with Crippen molar-refractivity contribution in [1.82, 2.24) is 19.9 Å². The van der Waals surface area contributed by atoms with Gasteiger partial charge in [0, 0.05) is 48.9 Å². The number of hydrogen-bond donors (Lipinski definition) is 0. The summed E-state index contributed by atoms with van der Waals surface area (Å²) in [4.78, 5) is 17.5. The molecule has 4 aromatic rings. The van der Waals surface area contributed by atoms with Crippen molar-refractivity contribution in [3.63, 3.8) is 0 Å². The van der Waals surface area contributed by atoms with Crippen LogP contribution in [-0.2, 0) is 19.5 Å². The third-order valence-corrected chi connectivity index (χ3v) is 6.04. The van der Waals surface area contributed by atoms with Gasteiger partial charge in [-0.25, -0.2) is 15.0 Å². The predicted octanol–water partition coefficient (Wildman–Crippen LogP) is 4.43. The molecule has 1 aliphatic rings. The van der Waals surface area contributed by atoms with Gasteiger partial charge in [0.1, 0.15) is 10.8 Å². The molecular weight excluding hydrogens is 384 g/mol. The SMILES string of the molecule is COc1ccccc1-c1ncc(CN2CCc3nc(-c4ccco4)ncc3C2)s1. The molecule has 146 valence electrons. The maximum Gasteiger partial charge on any atom is 0.195 e. The van der Waals surface area contributed by atoms with E-state index in [1.807, 2.05) is 48.8 Å². The minimum Gasteiger partial charge on any atom is -0.496 e. The van der Waals surface area contributed by atoms with Gasteiger partial charge in [-0.1, -0.05) is 12.1 Å². The Morgan fingerprint density at radius 1 is 1.14 bits per heavy atom. The Bertz CT molecular complexity index is 1120. The number of furan rings is 1. The van der Waals surface area contributed by atoms with E-state index in [2.05, 4.69) is 14.9 Å². The molecule has 7 heteroatoms. The largest absolute Gasteiger partial charge is 0.496 e. The average Bonchev–Trinajstić information content (AvgIpc) is 3.46. The van der Waals surface area contributed by atoms with Crippen LogP contribution < -0.4 is 4.74 Å². The van der Waals surface area contributed by atoms with Crippen LogP contribution >= 0.6 is 11.3 Å². The van der Waals surface area contributed by atoms with E-state index in [0.29, 0.717) is 11.6 Å². The summed E-state index contributed by atoms with van der Waals surface area (Å²) < 4.78 is 10.9. The summed E-state index contributed by atoms with van der Waals surface area (Å²) in [7, 11) is 1.69. The average molecular weight is 404 g/mol. The fourth-order valence-electron chi connectivity index (χ4n) is 3.58. The zero-order valence-electron chi connectivity index (χ0n) is 16.0. The van der Waals surface area contributed by atoms with Gasteiger partial charge >= 0.3 is 0 Å². The Kier molecular flexibility index (Phi) is 4.83. The lowest BCUT2D eigenvalue weighted by atomic mass is 10.1. The van der Waals surface area contributed by atoms with E-state index in [9.17, 15) is 0 Å². The first-order valence-electron chi connectivity index (χ1n) is 9.49. The lowest BCUT2D eigenvalue weighted by molar-refractivity contribution is 0.245. The van der Waals surface area contributed by atoms with Crippen molar-refractivity contribution >= 4 is 11.3 Å². The fourth-order valence-corrected chi connectivity index (χ4v) is 4.57. The topological polar surface area (TPSA) is 64.3 Å². The third-order valence-electron chi connectivity index (χ3n) is 5.02. The van der Waals surface area contributed by atoms with E-state index in [1.54, 1.807) is 24.7 Å². The number of para-hydroxylation sites is 1. The number of thiazole rings is 1. The summed E-state index contributed by atoms with van der Waals surface area (Å²) in [5, 5.41) is 0.987. The Hall–Kier alpha value is -3.03. The van der Waals surface area contributed by atoms with Gasteiger partial charge in [0.2, 0.25) is 0 Å². The van der Waals surface area contributed by atoms with Crippen molar-refractivity contribution < 1.29 is 9.15 Å². The number of hydrogen-bond acceptors (Lipinski definition) is 7. The van der Waals surface area contributed by atoms with Crippen LogP contribution in [0.1, 0.15) is 16.1 Å². The van der Waals surface area contributed by atoms with E-state index in [4.69, 9.17) is 14.1 Å². The molecule has 0 spiro atoms. The summed E-state index contributed by atoms with van der Waals surface area (Å²) >= 11 is 1.71. The third kappa shape index (κ3) is 3.66. The van der Waals surface area contributed by atoms with Gasteiger partial charge in [-0.15, -0.1) is 11.3 Å². The molecule has 0 saturated heterocycles. The molecule has 0 atom stereocenters. The molecule has 3 aromatic heterocycles. The summed E-state index contributed by atoms with van der Waals surface area (Å²) in [5.74, 6) is 2.22. The van der Waals surface area contributed by atoms with Crippen molar-refractivity contribution in [3.05, 3.63) is 71.2 Å². The van der Waals surface area contributed by atoms with E-state index < -0.39 is 0 Å². The van der Waals surface area contributed by atoms with E-state index in [0.717, 1.165) is 48.1 Å². The van der Waals surface area contributed by atoms with Crippen LogP contribution in [-0.4, -0.2) is 33.5 Å². The van der Waals surface area contributed by atoms with Gasteiger partial charge in [0.05, 0.1) is 24.6 Å². The molecule has 0 unspecified atom stereocenters. The monoisotopic (exact) mass is 404 g/mol. The minimum absolute atomic E-state index is 0.658. The summed E-state index contributed by atoms with van der Waals surface area (Å²) in [6, 6.07) is 11.7. The molecule has 0 amide bonds. The van der Waals surface area contributed by atoms with E-state index in [-0.39, 0.29) is 0 Å². The van der Waals surface area contributed by atoms with Crippen molar-refractivity contribution in [1.29, 1.82) is 0 Å². The van der Waals surface area contributed by atoms with Gasteiger partial charge in [0.15, 0.2) is 11.6 Å². The van der Waals surface area contributed by atoms with Crippen molar-refractivity contribution in [2.45, 2.75) is 19.5 Å². The summed E-state index contributed by atoms with van der Waals surface area (Å²) in [5.41, 5.74) is 3.33. The number of methoxy groups -OCH3 is 1. The number of nitrogens with zero attached hydrogens (tertiary/aromatic N) is 4. The molecule has 0 bridgehead atoms. The smallest absolute Gasteiger partial charge is 0.195 e. The zero-order chi connectivity index (χ0) is 19.6. The van der Waals surface area contributed by atoms with Crippen molar-refractivity contribution in [2.24, 2.45) is 0 Å². The highest BCUT2D eigenvalue weighted by Gasteiger charge is 2.20. The van der Waals surface area contributed by atoms with E-state index >= 15 is 0 Å². The minimum atomic E-state index is 0.658. The molecule has 1 aliphatic heterocycles. The Morgan fingerprint density at radius 2 is 2.07 bits per heavy atom. The zero-order valence-corrected chi connectivity index (χ0v) is 16.9. The molecular formula is C22H20N4O2S. The summed E-state index contributed by atoms with van der Waals surface area (Å²) in [6.45, 7) is 2.67. The van der Waals surface area contributed by atoms with Gasteiger partial charge in [0.25, 0.3) is 0 Å². The van der Waals surface area contributed by atoms with Gasteiger partial charge in [-0.05, 0) is 24.3 Å². The normalized spacial score (nSPS) is 14.0. The second-order valence-electron chi connectivity index (χ2n) is 6.94. The highest BCUT2D eigenvalue weighted by molar-refractivity contribution is 7.15. The van der Waals surface area contributed by atoms with Crippen LogP contribution in [0, 0.1) is 0 Å². The van der Waals surface area contributed by atoms with Gasteiger partial charge in [-0.2, -0.15) is 0 Å². The number of fused-ring (bicyclic) bond motifs is 1. The first-order valence-corrected chi connectivity index (χ1v) is 10.3. The molecule has 0 aliphatic carbocycles. The van der Waals surface area contributed by atoms with Crippen LogP contribution in [0.4, 0.5) is 0 Å². The van der Waals surface area contributed by atoms with Crippen LogP contribution in [0.25, 0.3) is 22.2 Å². The van der Waals surface area contributed by atoms with Crippen LogP contribution in [0.5, 0.6) is 5.75 Å². The molecule has 1 aromatic carbocycles. The second-order valence-corrected chi connectivity index (χ2v) is 8.05. The molecule has 0 radical (unpaired) electrons. The molecule has 5 rings (SSSR count). The molecule has 29 heavy (non-hydrogen) atoms. The highest BCUT2D eigenvalue weighted by atomic mass is 32.1. The van der Waals surface area contributed by atoms with Crippen LogP contribution in [0.3, 0.4) is 0 Å². The van der Waals surface area contributed by atoms with E-state index in [1.165, 1.54) is 10.4 Å². The summed E-state index contributed by atoms with van der Waals surface area (Å²) in [6.07, 6.45) is 6.45. The molecule has 0 saturated carbocycles. The standard InChI is InChI=1S/C22H20N4O2S/c1-27-19-6-3-2-5-17(19)22-24-12-16(29-22)14-26-9-8-18-15(13-26)11-23-21(25-18)20-7-4-10-28-20/h2-7,10-12H,8-9,13-14H2,1H3.